The second kappa shape index (κ2) is 9.60. The van der Waals surface area contributed by atoms with Gasteiger partial charge in [-0.15, -0.1) is 0 Å². The summed E-state index contributed by atoms with van der Waals surface area (Å²) in [5.74, 6) is 0. The fraction of sp³-hybridized carbons (Fsp3) is 0.533. The number of nitrogens with one attached hydrogen (secondary N) is 1. The lowest BCUT2D eigenvalue weighted by atomic mass is 10.2. The van der Waals surface area contributed by atoms with E-state index in [1.165, 1.54) is 0 Å². The Morgan fingerprint density at radius 2 is 1.95 bits per heavy atom. The number of halogens is 1. The highest BCUT2D eigenvalue weighted by atomic mass is 35.5. The molecule has 0 aliphatic heterocycles. The average Bonchev–Trinajstić information content (AvgIpc) is 2.45. The normalized spacial score (nSPS) is 10.5. The SMILES string of the molecule is COCCCN(CCOC)C(=O)Nc1ccc(C)cc1Cl. The van der Waals surface area contributed by atoms with Crippen LogP contribution in [0.15, 0.2) is 18.2 Å². The highest BCUT2D eigenvalue weighted by molar-refractivity contribution is 6.33. The van der Waals surface area contributed by atoms with Crippen LogP contribution in [-0.2, 0) is 9.47 Å². The van der Waals surface area contributed by atoms with E-state index in [1.54, 1.807) is 25.2 Å². The summed E-state index contributed by atoms with van der Waals surface area (Å²) < 4.78 is 10.1. The molecule has 1 aromatic carbocycles. The van der Waals surface area contributed by atoms with Crippen LogP contribution in [0.3, 0.4) is 0 Å². The molecule has 0 aliphatic rings. The summed E-state index contributed by atoms with van der Waals surface area (Å²) in [5.41, 5.74) is 1.66. The van der Waals surface area contributed by atoms with Crippen LogP contribution in [0.5, 0.6) is 0 Å². The Kier molecular flexibility index (Phi) is 8.12. The van der Waals surface area contributed by atoms with Crippen molar-refractivity contribution in [3.8, 4) is 0 Å². The Labute approximate surface area is 131 Å². The number of urea groups is 1. The van der Waals surface area contributed by atoms with Crippen molar-refractivity contribution in [2.75, 3.05) is 45.8 Å². The van der Waals surface area contributed by atoms with Gasteiger partial charge in [0.15, 0.2) is 0 Å². The summed E-state index contributed by atoms with van der Waals surface area (Å²) in [4.78, 5) is 14.0. The van der Waals surface area contributed by atoms with Gasteiger partial charge in [-0.3, -0.25) is 0 Å². The fourth-order valence-corrected chi connectivity index (χ4v) is 2.11. The third-order valence-corrected chi connectivity index (χ3v) is 3.31. The van der Waals surface area contributed by atoms with E-state index in [9.17, 15) is 4.79 Å². The van der Waals surface area contributed by atoms with E-state index in [2.05, 4.69) is 5.32 Å². The van der Waals surface area contributed by atoms with E-state index in [1.807, 2.05) is 19.1 Å². The lowest BCUT2D eigenvalue weighted by Gasteiger charge is -2.23. The van der Waals surface area contributed by atoms with Crippen LogP contribution in [0.25, 0.3) is 0 Å². The monoisotopic (exact) mass is 314 g/mol. The number of anilines is 1. The lowest BCUT2D eigenvalue weighted by Crippen LogP contribution is -2.38. The zero-order valence-electron chi connectivity index (χ0n) is 12.8. The van der Waals surface area contributed by atoms with Crippen LogP contribution < -0.4 is 5.32 Å². The van der Waals surface area contributed by atoms with Crippen LogP contribution in [0.4, 0.5) is 10.5 Å². The first-order chi connectivity index (χ1) is 10.1. The van der Waals surface area contributed by atoms with Crippen LogP contribution >= 0.6 is 11.6 Å². The molecule has 5 nitrogen and oxygen atoms in total. The second-order valence-electron chi connectivity index (χ2n) is 4.74. The van der Waals surface area contributed by atoms with E-state index in [4.69, 9.17) is 21.1 Å². The van der Waals surface area contributed by atoms with E-state index < -0.39 is 0 Å². The molecular formula is C15H23ClN2O3. The lowest BCUT2D eigenvalue weighted by molar-refractivity contribution is 0.143. The number of hydrogen-bond acceptors (Lipinski definition) is 3. The third kappa shape index (κ3) is 6.33. The van der Waals surface area contributed by atoms with Gasteiger partial charge in [0, 0.05) is 33.9 Å². The van der Waals surface area contributed by atoms with Crippen molar-refractivity contribution >= 4 is 23.3 Å². The van der Waals surface area contributed by atoms with E-state index in [0.29, 0.717) is 37.0 Å². The summed E-state index contributed by atoms with van der Waals surface area (Å²) in [6.45, 7) is 4.18. The third-order valence-electron chi connectivity index (χ3n) is 3.00. The first kappa shape index (κ1) is 17.8. The molecule has 1 rings (SSSR count). The standard InChI is InChI=1S/C15H23ClN2O3/c1-12-5-6-14(13(16)11-12)17-15(19)18(8-10-21-3)7-4-9-20-2/h5-6,11H,4,7-10H2,1-3H3,(H,17,19). The Hall–Kier alpha value is -1.30. The highest BCUT2D eigenvalue weighted by Crippen LogP contribution is 2.23. The minimum atomic E-state index is -0.186. The maximum Gasteiger partial charge on any atom is 0.321 e. The maximum absolute atomic E-state index is 12.3. The molecule has 21 heavy (non-hydrogen) atoms. The van der Waals surface area contributed by atoms with Crippen LogP contribution in [0, 0.1) is 6.92 Å². The minimum Gasteiger partial charge on any atom is -0.385 e. The van der Waals surface area contributed by atoms with Gasteiger partial charge in [-0.1, -0.05) is 17.7 Å². The molecule has 0 spiro atoms. The molecule has 0 atom stereocenters. The van der Waals surface area contributed by atoms with Gasteiger partial charge in [0.1, 0.15) is 0 Å². The van der Waals surface area contributed by atoms with Gasteiger partial charge in [-0.25, -0.2) is 4.79 Å². The van der Waals surface area contributed by atoms with Crippen molar-refractivity contribution in [2.24, 2.45) is 0 Å². The molecule has 0 bridgehead atoms. The molecule has 1 aromatic rings. The summed E-state index contributed by atoms with van der Waals surface area (Å²) >= 11 is 6.13. The van der Waals surface area contributed by atoms with Gasteiger partial charge in [-0.05, 0) is 31.0 Å². The van der Waals surface area contributed by atoms with Crippen molar-refractivity contribution in [3.63, 3.8) is 0 Å². The van der Waals surface area contributed by atoms with E-state index >= 15 is 0 Å². The topological polar surface area (TPSA) is 50.8 Å². The molecule has 0 radical (unpaired) electrons. The first-order valence-corrected chi connectivity index (χ1v) is 7.26. The Bertz CT molecular complexity index is 455. The van der Waals surface area contributed by atoms with Gasteiger partial charge in [0.05, 0.1) is 17.3 Å². The predicted molar refractivity (Wildman–Crippen MR) is 85.1 cm³/mol. The van der Waals surface area contributed by atoms with Gasteiger partial charge < -0.3 is 19.7 Å². The summed E-state index contributed by atoms with van der Waals surface area (Å²) in [6.07, 6.45) is 0.773. The van der Waals surface area contributed by atoms with Gasteiger partial charge in [0.2, 0.25) is 0 Å². The number of rotatable bonds is 8. The predicted octanol–water partition coefficient (Wildman–Crippen LogP) is 3.17. The summed E-state index contributed by atoms with van der Waals surface area (Å²) in [5, 5.41) is 3.37. The Morgan fingerprint density at radius 1 is 1.24 bits per heavy atom. The van der Waals surface area contributed by atoms with Gasteiger partial charge in [0.25, 0.3) is 0 Å². The molecule has 2 amide bonds. The molecule has 0 saturated carbocycles. The number of amides is 2. The number of benzene rings is 1. The number of aryl methyl sites for hydroxylation is 1. The maximum atomic E-state index is 12.3. The summed E-state index contributed by atoms with van der Waals surface area (Å²) in [7, 11) is 3.26. The molecule has 118 valence electrons. The number of methoxy groups -OCH3 is 2. The molecule has 0 aliphatic carbocycles. The zero-order valence-corrected chi connectivity index (χ0v) is 13.6. The summed E-state index contributed by atoms with van der Waals surface area (Å²) in [6, 6.07) is 5.35. The number of carbonyl (C=O) groups excluding carboxylic acids is 1. The molecule has 0 aromatic heterocycles. The first-order valence-electron chi connectivity index (χ1n) is 6.88. The van der Waals surface area contributed by atoms with Crippen LogP contribution in [-0.4, -0.2) is 51.5 Å². The van der Waals surface area contributed by atoms with Crippen molar-refractivity contribution in [1.82, 2.24) is 4.90 Å². The fourth-order valence-electron chi connectivity index (χ4n) is 1.83. The number of ether oxygens (including phenoxy) is 2. The van der Waals surface area contributed by atoms with Crippen molar-refractivity contribution in [1.29, 1.82) is 0 Å². The molecule has 1 N–H and O–H groups in total. The quantitative estimate of drug-likeness (QED) is 0.750. The van der Waals surface area contributed by atoms with Crippen molar-refractivity contribution in [3.05, 3.63) is 28.8 Å². The molecule has 6 heteroatoms. The molecule has 0 fully saturated rings. The number of hydrogen-bond donors (Lipinski definition) is 1. The van der Waals surface area contributed by atoms with Gasteiger partial charge in [-0.2, -0.15) is 0 Å². The number of nitrogens with zero attached hydrogens (tertiary/aromatic N) is 1. The molecule has 0 unspecified atom stereocenters. The van der Waals surface area contributed by atoms with Crippen LogP contribution in [0.1, 0.15) is 12.0 Å². The van der Waals surface area contributed by atoms with E-state index in [-0.39, 0.29) is 6.03 Å². The Balaban J connectivity index is 2.65. The Morgan fingerprint density at radius 3 is 2.57 bits per heavy atom. The molecular weight excluding hydrogens is 292 g/mol. The second-order valence-corrected chi connectivity index (χ2v) is 5.15. The average molecular weight is 315 g/mol. The highest BCUT2D eigenvalue weighted by Gasteiger charge is 2.14. The minimum absolute atomic E-state index is 0.186. The van der Waals surface area contributed by atoms with Crippen molar-refractivity contribution < 1.29 is 14.3 Å². The molecule has 0 heterocycles. The number of carbonyl (C=O) groups is 1. The van der Waals surface area contributed by atoms with Gasteiger partial charge >= 0.3 is 6.03 Å². The zero-order chi connectivity index (χ0) is 15.7. The molecule has 0 saturated heterocycles. The largest absolute Gasteiger partial charge is 0.385 e. The van der Waals surface area contributed by atoms with Crippen molar-refractivity contribution in [2.45, 2.75) is 13.3 Å². The van der Waals surface area contributed by atoms with E-state index in [0.717, 1.165) is 12.0 Å². The van der Waals surface area contributed by atoms with Crippen LogP contribution in [0.2, 0.25) is 5.02 Å². The smallest absolute Gasteiger partial charge is 0.321 e.